The normalized spacial score (nSPS) is 11.1. The monoisotopic (exact) mass is 487 g/mol. The maximum Gasteiger partial charge on any atom is 0.355 e. The van der Waals surface area contributed by atoms with Crippen molar-refractivity contribution in [1.29, 1.82) is 0 Å². The van der Waals surface area contributed by atoms with E-state index in [-0.39, 0.29) is 23.0 Å². The summed E-state index contributed by atoms with van der Waals surface area (Å²) in [6.07, 6.45) is 0. The van der Waals surface area contributed by atoms with E-state index in [0.717, 1.165) is 26.8 Å². The molecule has 0 aliphatic carbocycles. The van der Waals surface area contributed by atoms with Crippen LogP contribution in [0, 0.1) is 6.92 Å². The minimum Gasteiger partial charge on any atom is -0.508 e. The van der Waals surface area contributed by atoms with Gasteiger partial charge in [0.05, 0.1) is 4.88 Å². The van der Waals surface area contributed by atoms with E-state index in [2.05, 4.69) is 4.98 Å². The minimum absolute atomic E-state index is 0.00450. The number of thiazole rings is 1. The Morgan fingerprint density at radius 3 is 2.24 bits per heavy atom. The average molecular weight is 488 g/mol. The second-order valence-electron chi connectivity index (χ2n) is 7.74. The lowest BCUT2D eigenvalue weighted by molar-refractivity contribution is 0.0691. The second-order valence-corrected chi connectivity index (χ2v) is 9.65. The van der Waals surface area contributed by atoms with Gasteiger partial charge in [0.15, 0.2) is 5.69 Å². The lowest BCUT2D eigenvalue weighted by Gasteiger charge is -2.08. The number of thiophene rings is 1. The Morgan fingerprint density at radius 2 is 1.56 bits per heavy atom. The number of carbonyl (C=O) groups is 2. The molecule has 0 radical (unpaired) electrons. The molecule has 0 aliphatic rings. The Morgan fingerprint density at radius 1 is 0.882 bits per heavy atom. The number of fused-ring (bicyclic) bond motifs is 1. The smallest absolute Gasteiger partial charge is 0.355 e. The molecule has 8 heteroatoms. The number of benzene rings is 3. The number of hydrogen-bond acceptors (Lipinski definition) is 7. The van der Waals surface area contributed by atoms with Crippen molar-refractivity contribution in [2.45, 2.75) is 6.92 Å². The quantitative estimate of drug-likeness (QED) is 0.250. The number of nitrogens with zero attached hydrogens (tertiary/aromatic N) is 1. The van der Waals surface area contributed by atoms with Gasteiger partial charge >= 0.3 is 5.97 Å². The lowest BCUT2D eigenvalue weighted by Crippen LogP contribution is -2.03. The van der Waals surface area contributed by atoms with Crippen molar-refractivity contribution in [1.82, 2.24) is 4.98 Å². The highest BCUT2D eigenvalue weighted by molar-refractivity contribution is 7.21. The molecule has 0 fully saturated rings. The van der Waals surface area contributed by atoms with Crippen molar-refractivity contribution in [3.8, 4) is 33.2 Å². The zero-order valence-electron chi connectivity index (χ0n) is 17.8. The van der Waals surface area contributed by atoms with E-state index in [0.29, 0.717) is 21.0 Å². The van der Waals surface area contributed by atoms with Gasteiger partial charge in [-0.2, -0.15) is 0 Å². The summed E-state index contributed by atoms with van der Waals surface area (Å²) >= 11 is 2.56. The standard InChI is InChI=1S/C26H17NO5S2/c1-13-10-16(28)6-8-18(13)23(30)24-22(19-9-7-17(29)11-21(19)34-24)14-2-4-15(5-3-14)25-27-20(12-33-25)26(31)32/h2-12,28-29H,1H3,(H,31,32). The molecule has 2 heterocycles. The number of aromatic carboxylic acids is 1. The average Bonchev–Trinajstić information content (AvgIpc) is 3.44. The molecule has 0 saturated heterocycles. The number of aromatic nitrogens is 1. The van der Waals surface area contributed by atoms with Gasteiger partial charge in [0.1, 0.15) is 16.5 Å². The van der Waals surface area contributed by atoms with Crippen LogP contribution in [0.4, 0.5) is 0 Å². The zero-order chi connectivity index (χ0) is 24.0. The van der Waals surface area contributed by atoms with Gasteiger partial charge in [-0.05, 0) is 54.4 Å². The number of aryl methyl sites for hydroxylation is 1. The molecule has 3 N–H and O–H groups in total. The van der Waals surface area contributed by atoms with Gasteiger partial charge in [-0.1, -0.05) is 24.3 Å². The van der Waals surface area contributed by atoms with Crippen LogP contribution in [0.25, 0.3) is 31.8 Å². The van der Waals surface area contributed by atoms with E-state index in [1.54, 1.807) is 37.3 Å². The third kappa shape index (κ3) is 3.83. The molecule has 6 nitrogen and oxygen atoms in total. The Labute approximate surface area is 202 Å². The Bertz CT molecular complexity index is 1580. The summed E-state index contributed by atoms with van der Waals surface area (Å²) < 4.78 is 0.782. The SMILES string of the molecule is Cc1cc(O)ccc1C(=O)c1sc2cc(O)ccc2c1-c1ccc(-c2nc(C(=O)O)cs2)cc1. The van der Waals surface area contributed by atoms with Crippen molar-refractivity contribution in [3.63, 3.8) is 0 Å². The minimum atomic E-state index is -1.07. The van der Waals surface area contributed by atoms with Crippen molar-refractivity contribution in [2.24, 2.45) is 0 Å². The van der Waals surface area contributed by atoms with Gasteiger partial charge in [-0.15, -0.1) is 22.7 Å². The van der Waals surface area contributed by atoms with Crippen LogP contribution >= 0.6 is 22.7 Å². The molecular weight excluding hydrogens is 470 g/mol. The maximum atomic E-state index is 13.6. The zero-order valence-corrected chi connectivity index (χ0v) is 19.4. The van der Waals surface area contributed by atoms with Gasteiger partial charge in [-0.3, -0.25) is 4.79 Å². The predicted molar refractivity (Wildman–Crippen MR) is 133 cm³/mol. The molecule has 34 heavy (non-hydrogen) atoms. The fourth-order valence-corrected chi connectivity index (χ4v) is 5.85. The van der Waals surface area contributed by atoms with Crippen LogP contribution in [-0.4, -0.2) is 32.1 Å². The molecular formula is C26H17NO5S2. The molecule has 5 aromatic rings. The fraction of sp³-hybridized carbons (Fsp3) is 0.0385. The molecule has 0 spiro atoms. The third-order valence-electron chi connectivity index (χ3n) is 5.48. The maximum absolute atomic E-state index is 13.6. The van der Waals surface area contributed by atoms with Crippen LogP contribution in [0.15, 0.2) is 66.0 Å². The number of hydrogen-bond donors (Lipinski definition) is 3. The molecule has 168 valence electrons. The van der Waals surface area contributed by atoms with Gasteiger partial charge < -0.3 is 15.3 Å². The summed E-state index contributed by atoms with van der Waals surface area (Å²) in [6.45, 7) is 1.78. The summed E-state index contributed by atoms with van der Waals surface area (Å²) in [7, 11) is 0. The second kappa shape index (κ2) is 8.40. The topological polar surface area (TPSA) is 108 Å². The highest BCUT2D eigenvalue weighted by atomic mass is 32.1. The van der Waals surface area contributed by atoms with Crippen molar-refractivity contribution < 1.29 is 24.9 Å². The Kier molecular flexibility index (Phi) is 5.39. The molecule has 0 saturated carbocycles. The first-order valence-corrected chi connectivity index (χ1v) is 11.9. The largest absolute Gasteiger partial charge is 0.508 e. The van der Waals surface area contributed by atoms with Crippen molar-refractivity contribution >= 4 is 44.5 Å². The number of carboxylic acids is 1. The summed E-state index contributed by atoms with van der Waals surface area (Å²) in [6, 6.07) is 17.2. The summed E-state index contributed by atoms with van der Waals surface area (Å²) in [5.41, 5.74) is 3.52. The molecule has 5 rings (SSSR count). The highest BCUT2D eigenvalue weighted by Crippen LogP contribution is 2.42. The van der Waals surface area contributed by atoms with Crippen LogP contribution in [-0.2, 0) is 0 Å². The van der Waals surface area contributed by atoms with Crippen molar-refractivity contribution in [3.05, 3.63) is 87.7 Å². The van der Waals surface area contributed by atoms with E-state index in [4.69, 9.17) is 5.11 Å². The predicted octanol–water partition coefficient (Wildman–Crippen LogP) is 6.34. The number of rotatable bonds is 5. The molecule has 0 aliphatic heterocycles. The first-order valence-electron chi connectivity index (χ1n) is 10.2. The summed E-state index contributed by atoms with van der Waals surface area (Å²) in [5.74, 6) is -1.02. The van der Waals surface area contributed by atoms with Crippen LogP contribution in [0.2, 0.25) is 0 Å². The first kappa shape index (κ1) is 21.8. The van der Waals surface area contributed by atoms with Gasteiger partial charge in [0.2, 0.25) is 5.78 Å². The van der Waals surface area contributed by atoms with Gasteiger partial charge in [0, 0.05) is 32.2 Å². The van der Waals surface area contributed by atoms with Crippen LogP contribution in [0.5, 0.6) is 11.5 Å². The molecule has 0 bridgehead atoms. The lowest BCUT2D eigenvalue weighted by atomic mass is 9.96. The van der Waals surface area contributed by atoms with Crippen LogP contribution < -0.4 is 0 Å². The van der Waals surface area contributed by atoms with E-state index in [9.17, 15) is 19.8 Å². The number of aromatic hydroxyl groups is 2. The number of phenolic OH excluding ortho intramolecular Hbond substituents is 2. The number of ketones is 1. The summed E-state index contributed by atoms with van der Waals surface area (Å²) in [4.78, 5) is 29.4. The number of carboxylic acid groups (broad SMARTS) is 1. The molecule has 0 atom stereocenters. The fourth-order valence-electron chi connectivity index (χ4n) is 3.84. The highest BCUT2D eigenvalue weighted by Gasteiger charge is 2.23. The first-order chi connectivity index (χ1) is 16.3. The van der Waals surface area contributed by atoms with E-state index >= 15 is 0 Å². The van der Waals surface area contributed by atoms with Crippen molar-refractivity contribution in [2.75, 3.05) is 0 Å². The number of carbonyl (C=O) groups excluding carboxylic acids is 1. The number of phenols is 2. The molecule has 3 aromatic carbocycles. The molecule has 2 aromatic heterocycles. The van der Waals surface area contributed by atoms with Crippen LogP contribution in [0.3, 0.4) is 0 Å². The molecule has 0 unspecified atom stereocenters. The van der Waals surface area contributed by atoms with Gasteiger partial charge in [-0.25, -0.2) is 9.78 Å². The van der Waals surface area contributed by atoms with E-state index in [1.165, 1.54) is 34.1 Å². The Hall–Kier alpha value is -4.01. The molecule has 0 amide bonds. The van der Waals surface area contributed by atoms with E-state index < -0.39 is 5.97 Å². The third-order valence-corrected chi connectivity index (χ3v) is 7.52. The Balaban J connectivity index is 1.63. The summed E-state index contributed by atoms with van der Waals surface area (Å²) in [5, 5.41) is 31.8. The van der Waals surface area contributed by atoms with Crippen LogP contribution in [0.1, 0.15) is 31.3 Å². The van der Waals surface area contributed by atoms with E-state index in [1.807, 2.05) is 24.3 Å². The van der Waals surface area contributed by atoms with Gasteiger partial charge in [0.25, 0.3) is 0 Å².